The van der Waals surface area contributed by atoms with Crippen molar-refractivity contribution in [3.05, 3.63) is 11.4 Å². The number of hydrogen-bond donors (Lipinski definition) is 2. The summed E-state index contributed by atoms with van der Waals surface area (Å²) in [5.41, 5.74) is 6.83. The Labute approximate surface area is 120 Å². The average molecular weight is 279 g/mol. The van der Waals surface area contributed by atoms with E-state index in [1.807, 2.05) is 13.8 Å². The Morgan fingerprint density at radius 3 is 2.90 bits per heavy atom. The summed E-state index contributed by atoms with van der Waals surface area (Å²) in [5.74, 6) is 2.15. The summed E-state index contributed by atoms with van der Waals surface area (Å²) in [7, 11) is 0. The molecular weight excluding hydrogens is 254 g/mol. The average Bonchev–Trinajstić information content (AvgIpc) is 2.48. The standard InChI is InChI=1S/C14H25N5O/c1-4-12-17-13(15)10(3)14(18-12)16-8-11-9-19(5-2)6-7-20-11/h11H,4-9H2,1-3H3,(H3,15,16,17,18). The van der Waals surface area contributed by atoms with E-state index < -0.39 is 0 Å². The Bertz CT molecular complexity index is 451. The minimum Gasteiger partial charge on any atom is -0.383 e. The minimum absolute atomic E-state index is 0.198. The molecule has 1 aliphatic rings. The number of morpholine rings is 1. The van der Waals surface area contributed by atoms with E-state index >= 15 is 0 Å². The topological polar surface area (TPSA) is 76.3 Å². The maximum Gasteiger partial charge on any atom is 0.134 e. The summed E-state index contributed by atoms with van der Waals surface area (Å²) in [6, 6.07) is 0. The molecule has 0 aliphatic carbocycles. The number of ether oxygens (including phenoxy) is 1. The van der Waals surface area contributed by atoms with Crippen molar-refractivity contribution in [2.75, 3.05) is 43.8 Å². The summed E-state index contributed by atoms with van der Waals surface area (Å²) < 4.78 is 5.78. The van der Waals surface area contributed by atoms with Crippen LogP contribution in [0, 0.1) is 6.92 Å². The molecule has 0 radical (unpaired) electrons. The zero-order valence-corrected chi connectivity index (χ0v) is 12.6. The van der Waals surface area contributed by atoms with Gasteiger partial charge in [0, 0.05) is 31.6 Å². The fraction of sp³-hybridized carbons (Fsp3) is 0.714. The van der Waals surface area contributed by atoms with Gasteiger partial charge in [0.25, 0.3) is 0 Å². The molecule has 112 valence electrons. The first-order valence-electron chi connectivity index (χ1n) is 7.34. The molecule has 3 N–H and O–H groups in total. The van der Waals surface area contributed by atoms with Gasteiger partial charge in [-0.25, -0.2) is 9.97 Å². The van der Waals surface area contributed by atoms with E-state index in [4.69, 9.17) is 10.5 Å². The highest BCUT2D eigenvalue weighted by molar-refractivity contribution is 5.54. The maximum atomic E-state index is 5.92. The molecule has 2 heterocycles. The predicted molar refractivity (Wildman–Crippen MR) is 80.9 cm³/mol. The molecule has 1 aliphatic heterocycles. The largest absolute Gasteiger partial charge is 0.383 e. The van der Waals surface area contributed by atoms with Gasteiger partial charge in [0.15, 0.2) is 0 Å². The van der Waals surface area contributed by atoms with E-state index in [2.05, 4.69) is 27.1 Å². The molecule has 0 spiro atoms. The Morgan fingerprint density at radius 1 is 1.40 bits per heavy atom. The number of nitrogen functional groups attached to an aromatic ring is 1. The van der Waals surface area contributed by atoms with E-state index in [1.54, 1.807) is 0 Å². The van der Waals surface area contributed by atoms with Crippen molar-refractivity contribution in [3.8, 4) is 0 Å². The van der Waals surface area contributed by atoms with Crippen molar-refractivity contribution in [1.82, 2.24) is 14.9 Å². The van der Waals surface area contributed by atoms with Crippen molar-refractivity contribution in [2.45, 2.75) is 33.3 Å². The molecule has 20 heavy (non-hydrogen) atoms. The van der Waals surface area contributed by atoms with Crippen LogP contribution in [0.4, 0.5) is 11.6 Å². The highest BCUT2D eigenvalue weighted by Crippen LogP contribution is 2.18. The Balaban J connectivity index is 1.98. The summed E-state index contributed by atoms with van der Waals surface area (Å²) >= 11 is 0. The number of nitrogens with one attached hydrogen (secondary N) is 1. The zero-order chi connectivity index (χ0) is 14.5. The summed E-state index contributed by atoms with van der Waals surface area (Å²) in [6.07, 6.45) is 0.979. The molecule has 6 nitrogen and oxygen atoms in total. The van der Waals surface area contributed by atoms with Crippen molar-refractivity contribution < 1.29 is 4.74 Å². The van der Waals surface area contributed by atoms with Crippen molar-refractivity contribution >= 4 is 11.6 Å². The van der Waals surface area contributed by atoms with Gasteiger partial charge in [0.2, 0.25) is 0 Å². The molecule has 6 heteroatoms. The van der Waals surface area contributed by atoms with Crippen molar-refractivity contribution in [3.63, 3.8) is 0 Å². The van der Waals surface area contributed by atoms with Crippen LogP contribution in [-0.4, -0.2) is 53.8 Å². The summed E-state index contributed by atoms with van der Waals surface area (Å²) in [4.78, 5) is 11.2. The lowest BCUT2D eigenvalue weighted by atomic mass is 10.2. The minimum atomic E-state index is 0.198. The number of aryl methyl sites for hydroxylation is 1. The summed E-state index contributed by atoms with van der Waals surface area (Å²) in [5, 5.41) is 3.36. The van der Waals surface area contributed by atoms with Crippen molar-refractivity contribution in [2.24, 2.45) is 0 Å². The highest BCUT2D eigenvalue weighted by Gasteiger charge is 2.19. The van der Waals surface area contributed by atoms with Crippen LogP contribution in [0.1, 0.15) is 25.2 Å². The molecule has 0 saturated carbocycles. The first kappa shape index (κ1) is 15.0. The fourth-order valence-corrected chi connectivity index (χ4v) is 2.31. The van der Waals surface area contributed by atoms with Gasteiger partial charge in [-0.1, -0.05) is 13.8 Å². The lowest BCUT2D eigenvalue weighted by molar-refractivity contribution is -0.0192. The third kappa shape index (κ3) is 3.58. The van der Waals surface area contributed by atoms with Crippen LogP contribution < -0.4 is 11.1 Å². The number of nitrogens with zero attached hydrogens (tertiary/aromatic N) is 3. The first-order chi connectivity index (χ1) is 9.63. The normalized spacial score (nSPS) is 20.1. The van der Waals surface area contributed by atoms with Gasteiger partial charge >= 0.3 is 0 Å². The Kier molecular flexibility index (Phi) is 5.14. The SMILES string of the molecule is CCc1nc(N)c(C)c(NCC2CN(CC)CCO2)n1. The smallest absolute Gasteiger partial charge is 0.134 e. The van der Waals surface area contributed by atoms with Gasteiger partial charge in [-0.15, -0.1) is 0 Å². The second-order valence-electron chi connectivity index (χ2n) is 5.12. The molecule has 1 fully saturated rings. The van der Waals surface area contributed by atoms with E-state index in [-0.39, 0.29) is 6.10 Å². The number of hydrogen-bond acceptors (Lipinski definition) is 6. The van der Waals surface area contributed by atoms with Crippen LogP contribution in [0.25, 0.3) is 0 Å². The van der Waals surface area contributed by atoms with Gasteiger partial charge in [0.05, 0.1) is 12.7 Å². The highest BCUT2D eigenvalue weighted by atomic mass is 16.5. The van der Waals surface area contributed by atoms with E-state index in [0.717, 1.165) is 56.4 Å². The van der Waals surface area contributed by atoms with E-state index in [1.165, 1.54) is 0 Å². The van der Waals surface area contributed by atoms with Gasteiger partial charge in [-0.05, 0) is 13.5 Å². The molecule has 1 unspecified atom stereocenters. The monoisotopic (exact) mass is 279 g/mol. The zero-order valence-electron chi connectivity index (χ0n) is 12.6. The van der Waals surface area contributed by atoms with Crippen LogP contribution in [0.15, 0.2) is 0 Å². The maximum absolute atomic E-state index is 5.92. The Morgan fingerprint density at radius 2 is 2.20 bits per heavy atom. The molecule has 1 atom stereocenters. The molecule has 1 saturated heterocycles. The number of rotatable bonds is 5. The van der Waals surface area contributed by atoms with Crippen LogP contribution in [0.2, 0.25) is 0 Å². The van der Waals surface area contributed by atoms with Crippen LogP contribution in [-0.2, 0) is 11.2 Å². The lowest BCUT2D eigenvalue weighted by Crippen LogP contribution is -2.45. The van der Waals surface area contributed by atoms with Crippen LogP contribution in [0.5, 0.6) is 0 Å². The second-order valence-corrected chi connectivity index (χ2v) is 5.12. The molecule has 2 rings (SSSR count). The van der Waals surface area contributed by atoms with Gasteiger partial charge in [-0.2, -0.15) is 0 Å². The predicted octanol–water partition coefficient (Wildman–Crippen LogP) is 1.06. The molecular formula is C14H25N5O. The lowest BCUT2D eigenvalue weighted by Gasteiger charge is -2.32. The van der Waals surface area contributed by atoms with Gasteiger partial charge < -0.3 is 15.8 Å². The molecule has 0 amide bonds. The molecule has 1 aromatic heterocycles. The van der Waals surface area contributed by atoms with Gasteiger partial charge in [0.1, 0.15) is 17.5 Å². The van der Waals surface area contributed by atoms with E-state index in [9.17, 15) is 0 Å². The third-order valence-corrected chi connectivity index (χ3v) is 3.71. The fourth-order valence-electron chi connectivity index (χ4n) is 2.31. The Hall–Kier alpha value is -1.40. The number of nitrogens with two attached hydrogens (primary N) is 1. The molecule has 0 aromatic carbocycles. The van der Waals surface area contributed by atoms with E-state index in [0.29, 0.717) is 5.82 Å². The quantitative estimate of drug-likeness (QED) is 0.839. The van der Waals surface area contributed by atoms with Crippen LogP contribution >= 0.6 is 0 Å². The van der Waals surface area contributed by atoms with Gasteiger partial charge in [-0.3, -0.25) is 4.90 Å². The second kappa shape index (κ2) is 6.85. The first-order valence-corrected chi connectivity index (χ1v) is 7.34. The molecule has 0 bridgehead atoms. The number of likely N-dealkylation sites (N-methyl/N-ethyl adjacent to an activating group) is 1. The third-order valence-electron chi connectivity index (χ3n) is 3.71. The summed E-state index contributed by atoms with van der Waals surface area (Å²) in [6.45, 7) is 10.7. The van der Waals surface area contributed by atoms with Crippen molar-refractivity contribution in [1.29, 1.82) is 0 Å². The number of anilines is 2. The molecule has 1 aromatic rings. The van der Waals surface area contributed by atoms with Crippen LogP contribution in [0.3, 0.4) is 0 Å². The number of aromatic nitrogens is 2.